The standard InChI is InChI=1S/C13H18BrN3O/c1-16(2)13(18)10-4-3-7-17(9-10)12-6-5-11(14)8-15-12/h5-6,8,10H,3-4,7,9H2,1-2H3. The number of carbonyl (C=O) groups is 1. The molecule has 2 rings (SSSR count). The number of hydrogen-bond acceptors (Lipinski definition) is 3. The smallest absolute Gasteiger partial charge is 0.226 e. The van der Waals surface area contributed by atoms with E-state index in [4.69, 9.17) is 0 Å². The van der Waals surface area contributed by atoms with Crippen LogP contribution in [0.1, 0.15) is 12.8 Å². The molecule has 0 radical (unpaired) electrons. The van der Waals surface area contributed by atoms with Gasteiger partial charge in [0.15, 0.2) is 0 Å². The molecule has 1 aliphatic heterocycles. The van der Waals surface area contributed by atoms with Crippen LogP contribution in [0.2, 0.25) is 0 Å². The molecule has 0 aromatic carbocycles. The molecule has 0 saturated carbocycles. The second-order valence-electron chi connectivity index (χ2n) is 4.85. The van der Waals surface area contributed by atoms with Crippen molar-refractivity contribution in [3.63, 3.8) is 0 Å². The first kappa shape index (κ1) is 13.3. The Morgan fingerprint density at radius 3 is 2.89 bits per heavy atom. The number of pyridine rings is 1. The van der Waals surface area contributed by atoms with Crippen molar-refractivity contribution >= 4 is 27.7 Å². The van der Waals surface area contributed by atoms with E-state index in [2.05, 4.69) is 25.8 Å². The second-order valence-corrected chi connectivity index (χ2v) is 5.77. The fraction of sp³-hybridized carbons (Fsp3) is 0.538. The van der Waals surface area contributed by atoms with Gasteiger partial charge in [-0.05, 0) is 40.9 Å². The zero-order valence-electron chi connectivity index (χ0n) is 10.8. The topological polar surface area (TPSA) is 36.4 Å². The molecule has 0 N–H and O–H groups in total. The third kappa shape index (κ3) is 3.02. The SMILES string of the molecule is CN(C)C(=O)C1CCCN(c2ccc(Br)cn2)C1. The van der Waals surface area contributed by atoms with E-state index in [1.807, 2.05) is 26.2 Å². The highest BCUT2D eigenvalue weighted by molar-refractivity contribution is 9.10. The molecule has 1 aromatic rings. The van der Waals surface area contributed by atoms with Gasteiger partial charge in [-0.2, -0.15) is 0 Å². The summed E-state index contributed by atoms with van der Waals surface area (Å²) in [5, 5.41) is 0. The molecule has 18 heavy (non-hydrogen) atoms. The summed E-state index contributed by atoms with van der Waals surface area (Å²) in [6.45, 7) is 1.75. The minimum atomic E-state index is 0.0965. The Kier molecular flexibility index (Phi) is 4.22. The van der Waals surface area contributed by atoms with Crippen LogP contribution in [0.3, 0.4) is 0 Å². The van der Waals surface area contributed by atoms with E-state index >= 15 is 0 Å². The minimum absolute atomic E-state index is 0.0965. The van der Waals surface area contributed by atoms with Crippen LogP contribution in [-0.2, 0) is 4.79 Å². The van der Waals surface area contributed by atoms with Crippen LogP contribution < -0.4 is 4.90 Å². The molecule has 1 amide bonds. The summed E-state index contributed by atoms with van der Waals surface area (Å²) in [6, 6.07) is 3.98. The molecule has 0 aliphatic carbocycles. The summed E-state index contributed by atoms with van der Waals surface area (Å²) in [5.41, 5.74) is 0. The predicted octanol–water partition coefficient (Wildman–Crippen LogP) is 2.15. The normalized spacial score (nSPS) is 19.7. The first-order valence-electron chi connectivity index (χ1n) is 6.15. The average Bonchev–Trinajstić information content (AvgIpc) is 2.38. The van der Waals surface area contributed by atoms with Gasteiger partial charge < -0.3 is 9.80 Å². The molecule has 1 aromatic heterocycles. The Balaban J connectivity index is 2.07. The monoisotopic (exact) mass is 311 g/mol. The van der Waals surface area contributed by atoms with Crippen molar-refractivity contribution in [2.45, 2.75) is 12.8 Å². The highest BCUT2D eigenvalue weighted by atomic mass is 79.9. The summed E-state index contributed by atoms with van der Waals surface area (Å²) in [6.07, 6.45) is 3.82. The lowest BCUT2D eigenvalue weighted by Gasteiger charge is -2.33. The van der Waals surface area contributed by atoms with Gasteiger partial charge in [-0.1, -0.05) is 0 Å². The van der Waals surface area contributed by atoms with E-state index in [0.29, 0.717) is 0 Å². The van der Waals surface area contributed by atoms with Crippen molar-refractivity contribution in [2.24, 2.45) is 5.92 Å². The third-order valence-corrected chi connectivity index (χ3v) is 3.72. The molecule has 0 spiro atoms. The first-order valence-corrected chi connectivity index (χ1v) is 6.95. The Hall–Kier alpha value is -1.10. The van der Waals surface area contributed by atoms with E-state index in [0.717, 1.165) is 36.2 Å². The number of carbonyl (C=O) groups excluding carboxylic acids is 1. The second kappa shape index (κ2) is 5.69. The summed E-state index contributed by atoms with van der Waals surface area (Å²) >= 11 is 3.38. The van der Waals surface area contributed by atoms with Crippen LogP contribution in [0, 0.1) is 5.92 Å². The number of anilines is 1. The van der Waals surface area contributed by atoms with E-state index < -0.39 is 0 Å². The highest BCUT2D eigenvalue weighted by Gasteiger charge is 2.27. The van der Waals surface area contributed by atoms with E-state index in [-0.39, 0.29) is 11.8 Å². The van der Waals surface area contributed by atoms with Gasteiger partial charge in [0.1, 0.15) is 5.82 Å². The quantitative estimate of drug-likeness (QED) is 0.839. The van der Waals surface area contributed by atoms with E-state index in [9.17, 15) is 4.79 Å². The maximum absolute atomic E-state index is 12.0. The molecular weight excluding hydrogens is 294 g/mol. The van der Waals surface area contributed by atoms with E-state index in [1.165, 1.54) is 0 Å². The van der Waals surface area contributed by atoms with Gasteiger partial charge in [-0.25, -0.2) is 4.98 Å². The lowest BCUT2D eigenvalue weighted by molar-refractivity contribution is -0.133. The van der Waals surface area contributed by atoms with Crippen LogP contribution in [0.15, 0.2) is 22.8 Å². The molecule has 1 unspecified atom stereocenters. The van der Waals surface area contributed by atoms with Crippen LogP contribution >= 0.6 is 15.9 Å². The van der Waals surface area contributed by atoms with Crippen LogP contribution in [0.4, 0.5) is 5.82 Å². The lowest BCUT2D eigenvalue weighted by Crippen LogP contribution is -2.43. The fourth-order valence-electron chi connectivity index (χ4n) is 2.31. The Bertz CT molecular complexity index is 419. The molecule has 2 heterocycles. The number of piperidine rings is 1. The van der Waals surface area contributed by atoms with Crippen LogP contribution in [0.5, 0.6) is 0 Å². The van der Waals surface area contributed by atoms with Crippen molar-refractivity contribution in [3.8, 4) is 0 Å². The minimum Gasteiger partial charge on any atom is -0.356 e. The number of rotatable bonds is 2. The average molecular weight is 312 g/mol. The van der Waals surface area contributed by atoms with Crippen LogP contribution in [-0.4, -0.2) is 43.0 Å². The number of amides is 1. The van der Waals surface area contributed by atoms with Crippen molar-refractivity contribution in [1.82, 2.24) is 9.88 Å². The van der Waals surface area contributed by atoms with Gasteiger partial charge in [0.05, 0.1) is 5.92 Å². The van der Waals surface area contributed by atoms with Gasteiger partial charge in [-0.3, -0.25) is 4.79 Å². The van der Waals surface area contributed by atoms with Crippen molar-refractivity contribution in [3.05, 3.63) is 22.8 Å². The maximum atomic E-state index is 12.0. The Morgan fingerprint density at radius 2 is 2.28 bits per heavy atom. The summed E-state index contributed by atoms with van der Waals surface area (Å²) in [5.74, 6) is 1.27. The zero-order chi connectivity index (χ0) is 13.1. The molecule has 1 saturated heterocycles. The van der Waals surface area contributed by atoms with Gasteiger partial charge in [0.25, 0.3) is 0 Å². The Labute approximate surface area is 116 Å². The first-order chi connectivity index (χ1) is 8.58. The van der Waals surface area contributed by atoms with Crippen LogP contribution in [0.25, 0.3) is 0 Å². The number of hydrogen-bond donors (Lipinski definition) is 0. The summed E-state index contributed by atoms with van der Waals surface area (Å²) in [4.78, 5) is 20.3. The molecule has 5 heteroatoms. The van der Waals surface area contributed by atoms with Gasteiger partial charge in [0, 0.05) is 37.9 Å². The molecular formula is C13H18BrN3O. The van der Waals surface area contributed by atoms with Crippen molar-refractivity contribution < 1.29 is 4.79 Å². The molecule has 98 valence electrons. The number of aromatic nitrogens is 1. The summed E-state index contributed by atoms with van der Waals surface area (Å²) in [7, 11) is 3.64. The fourth-order valence-corrected chi connectivity index (χ4v) is 2.54. The Morgan fingerprint density at radius 1 is 1.50 bits per heavy atom. The molecule has 1 aliphatic rings. The lowest BCUT2D eigenvalue weighted by atomic mass is 9.97. The highest BCUT2D eigenvalue weighted by Crippen LogP contribution is 2.23. The molecule has 4 nitrogen and oxygen atoms in total. The number of nitrogens with zero attached hydrogens (tertiary/aromatic N) is 3. The largest absolute Gasteiger partial charge is 0.356 e. The van der Waals surface area contributed by atoms with Crippen molar-refractivity contribution in [2.75, 3.05) is 32.1 Å². The number of halogens is 1. The van der Waals surface area contributed by atoms with E-state index in [1.54, 1.807) is 11.1 Å². The van der Waals surface area contributed by atoms with Gasteiger partial charge >= 0.3 is 0 Å². The third-order valence-electron chi connectivity index (χ3n) is 3.25. The predicted molar refractivity (Wildman–Crippen MR) is 75.6 cm³/mol. The van der Waals surface area contributed by atoms with Crippen molar-refractivity contribution in [1.29, 1.82) is 0 Å². The molecule has 1 fully saturated rings. The molecule has 0 bridgehead atoms. The van der Waals surface area contributed by atoms with Gasteiger partial charge in [0.2, 0.25) is 5.91 Å². The summed E-state index contributed by atoms with van der Waals surface area (Å²) < 4.78 is 0.976. The molecule has 1 atom stereocenters. The maximum Gasteiger partial charge on any atom is 0.226 e. The van der Waals surface area contributed by atoms with Gasteiger partial charge in [-0.15, -0.1) is 0 Å². The zero-order valence-corrected chi connectivity index (χ0v) is 12.4.